The van der Waals surface area contributed by atoms with Gasteiger partial charge in [-0.2, -0.15) is 0 Å². The average molecular weight is 307 g/mol. The number of benzene rings is 1. The minimum Gasteiger partial charge on any atom is -0.496 e. The Morgan fingerprint density at radius 1 is 1.14 bits per heavy atom. The van der Waals surface area contributed by atoms with Gasteiger partial charge in [-0.05, 0) is 26.3 Å². The Labute approximate surface area is 132 Å². The van der Waals surface area contributed by atoms with Crippen LogP contribution in [0, 0.1) is 0 Å². The molecule has 122 valence electrons. The summed E-state index contributed by atoms with van der Waals surface area (Å²) in [5.41, 5.74) is 0.489. The van der Waals surface area contributed by atoms with Crippen molar-refractivity contribution in [2.75, 3.05) is 34.4 Å². The van der Waals surface area contributed by atoms with Crippen LogP contribution in [0.15, 0.2) is 12.1 Å². The molecule has 1 aromatic carbocycles. The van der Waals surface area contributed by atoms with Crippen molar-refractivity contribution >= 4 is 5.78 Å². The number of methoxy groups -OCH3 is 3. The Hall–Kier alpha value is -1.75. The maximum atomic E-state index is 12.8. The smallest absolute Gasteiger partial charge is 0.184 e. The van der Waals surface area contributed by atoms with E-state index in [9.17, 15) is 4.79 Å². The highest BCUT2D eigenvalue weighted by molar-refractivity contribution is 6.03. The third-order valence-electron chi connectivity index (χ3n) is 4.28. The minimum atomic E-state index is 0.0186. The van der Waals surface area contributed by atoms with E-state index in [-0.39, 0.29) is 5.78 Å². The molecule has 1 fully saturated rings. The Morgan fingerprint density at radius 3 is 2.27 bits per heavy atom. The predicted octanol–water partition coefficient (Wildman–Crippen LogP) is 2.77. The van der Waals surface area contributed by atoms with Crippen molar-refractivity contribution in [2.45, 2.75) is 32.2 Å². The molecule has 0 radical (unpaired) electrons. The topological polar surface area (TPSA) is 48.0 Å². The summed E-state index contributed by atoms with van der Waals surface area (Å²) in [6, 6.07) is 3.87. The molecule has 1 aliphatic rings. The number of Topliss-reactive ketones (excluding diaryl/α,β-unsaturated/α-hetero) is 1. The molecule has 0 bridgehead atoms. The van der Waals surface area contributed by atoms with Gasteiger partial charge in [0.2, 0.25) is 0 Å². The van der Waals surface area contributed by atoms with E-state index >= 15 is 0 Å². The molecule has 1 atom stereocenters. The second-order valence-electron chi connectivity index (χ2n) is 5.65. The molecular formula is C17H25NO4. The quantitative estimate of drug-likeness (QED) is 0.756. The summed E-state index contributed by atoms with van der Waals surface area (Å²) < 4.78 is 16.0. The number of likely N-dealkylation sites (tertiary alicyclic amines) is 1. The van der Waals surface area contributed by atoms with Crippen LogP contribution in [0.25, 0.3) is 0 Å². The molecule has 1 aromatic rings. The highest BCUT2D eigenvalue weighted by atomic mass is 16.5. The van der Waals surface area contributed by atoms with E-state index in [2.05, 4.69) is 11.8 Å². The first kappa shape index (κ1) is 16.6. The molecule has 1 unspecified atom stereocenters. The number of carbonyl (C=O) groups excluding carboxylic acids is 1. The van der Waals surface area contributed by atoms with Crippen molar-refractivity contribution in [1.82, 2.24) is 4.90 Å². The molecule has 1 heterocycles. The van der Waals surface area contributed by atoms with E-state index in [0.717, 1.165) is 19.4 Å². The van der Waals surface area contributed by atoms with Gasteiger partial charge < -0.3 is 14.2 Å². The van der Waals surface area contributed by atoms with Crippen LogP contribution in [-0.4, -0.2) is 51.1 Å². The molecule has 1 aliphatic heterocycles. The summed E-state index contributed by atoms with van der Waals surface area (Å²) in [6.07, 6.45) is 3.53. The van der Waals surface area contributed by atoms with Crippen LogP contribution in [-0.2, 0) is 0 Å². The van der Waals surface area contributed by atoms with E-state index in [1.54, 1.807) is 33.5 Å². The van der Waals surface area contributed by atoms with Crippen LogP contribution in [0.2, 0.25) is 0 Å². The minimum absolute atomic E-state index is 0.0186. The lowest BCUT2D eigenvalue weighted by Gasteiger charge is -2.32. The summed E-state index contributed by atoms with van der Waals surface area (Å²) in [4.78, 5) is 15.0. The molecule has 0 amide bonds. The first-order chi connectivity index (χ1) is 10.6. The first-order valence-corrected chi connectivity index (χ1v) is 7.68. The Morgan fingerprint density at radius 2 is 1.77 bits per heavy atom. The van der Waals surface area contributed by atoms with Crippen molar-refractivity contribution in [1.29, 1.82) is 0 Å². The van der Waals surface area contributed by atoms with E-state index < -0.39 is 0 Å². The fourth-order valence-corrected chi connectivity index (χ4v) is 2.94. The third kappa shape index (κ3) is 3.53. The van der Waals surface area contributed by atoms with Gasteiger partial charge in [0, 0.05) is 18.2 Å². The van der Waals surface area contributed by atoms with Crippen molar-refractivity contribution in [3.63, 3.8) is 0 Å². The van der Waals surface area contributed by atoms with Gasteiger partial charge in [-0.1, -0.05) is 6.42 Å². The molecule has 0 aliphatic carbocycles. The average Bonchev–Trinajstić information content (AvgIpc) is 2.55. The van der Waals surface area contributed by atoms with E-state index in [1.807, 2.05) is 0 Å². The van der Waals surface area contributed by atoms with Gasteiger partial charge in [-0.25, -0.2) is 0 Å². The molecule has 5 nitrogen and oxygen atoms in total. The highest BCUT2D eigenvalue weighted by Gasteiger charge is 2.25. The van der Waals surface area contributed by atoms with Crippen LogP contribution in [0.4, 0.5) is 0 Å². The van der Waals surface area contributed by atoms with E-state index in [4.69, 9.17) is 14.2 Å². The van der Waals surface area contributed by atoms with Crippen molar-refractivity contribution < 1.29 is 19.0 Å². The summed E-state index contributed by atoms with van der Waals surface area (Å²) in [6.45, 7) is 3.53. The lowest BCUT2D eigenvalue weighted by Crippen LogP contribution is -2.40. The maximum absolute atomic E-state index is 12.8. The molecular weight excluding hydrogens is 282 g/mol. The fraction of sp³-hybridized carbons (Fsp3) is 0.588. The van der Waals surface area contributed by atoms with Crippen molar-refractivity contribution in [2.24, 2.45) is 0 Å². The summed E-state index contributed by atoms with van der Waals surface area (Å²) >= 11 is 0. The largest absolute Gasteiger partial charge is 0.496 e. The zero-order valence-electron chi connectivity index (χ0n) is 13.8. The van der Waals surface area contributed by atoms with Gasteiger partial charge in [0.15, 0.2) is 5.78 Å². The molecule has 1 saturated heterocycles. The van der Waals surface area contributed by atoms with Crippen LogP contribution in [0.1, 0.15) is 36.5 Å². The molecule has 2 rings (SSSR count). The number of hydrogen-bond acceptors (Lipinski definition) is 5. The van der Waals surface area contributed by atoms with Gasteiger partial charge in [0.1, 0.15) is 22.8 Å². The SMILES string of the molecule is COc1cc(OC)c(C(=O)CN2CCCCC2C)c(OC)c1. The van der Waals surface area contributed by atoms with Gasteiger partial charge in [0.25, 0.3) is 0 Å². The standard InChI is InChI=1S/C17H25NO4/c1-12-7-5-6-8-18(12)11-14(19)17-15(21-3)9-13(20-2)10-16(17)22-4/h9-10,12H,5-8,11H2,1-4H3. The number of rotatable bonds is 6. The summed E-state index contributed by atoms with van der Waals surface area (Å²) in [5.74, 6) is 1.61. The maximum Gasteiger partial charge on any atom is 0.184 e. The molecule has 0 spiro atoms. The van der Waals surface area contributed by atoms with Gasteiger partial charge in [0.05, 0.1) is 27.9 Å². The van der Waals surface area contributed by atoms with Crippen LogP contribution < -0.4 is 14.2 Å². The number of piperidine rings is 1. The van der Waals surface area contributed by atoms with E-state index in [1.165, 1.54) is 6.42 Å². The molecule has 22 heavy (non-hydrogen) atoms. The predicted molar refractivity (Wildman–Crippen MR) is 85.3 cm³/mol. The molecule has 0 N–H and O–H groups in total. The number of ether oxygens (including phenoxy) is 3. The summed E-state index contributed by atoms with van der Waals surface area (Å²) in [5, 5.41) is 0. The monoisotopic (exact) mass is 307 g/mol. The molecule has 0 saturated carbocycles. The zero-order valence-corrected chi connectivity index (χ0v) is 13.8. The third-order valence-corrected chi connectivity index (χ3v) is 4.28. The van der Waals surface area contributed by atoms with Crippen molar-refractivity contribution in [3.05, 3.63) is 17.7 Å². The second kappa shape index (κ2) is 7.49. The lowest BCUT2D eigenvalue weighted by atomic mass is 10.0. The number of hydrogen-bond donors (Lipinski definition) is 0. The number of ketones is 1. The van der Waals surface area contributed by atoms with Crippen LogP contribution >= 0.6 is 0 Å². The van der Waals surface area contributed by atoms with Crippen molar-refractivity contribution in [3.8, 4) is 17.2 Å². The Bertz CT molecular complexity index is 504. The van der Waals surface area contributed by atoms with Gasteiger partial charge >= 0.3 is 0 Å². The summed E-state index contributed by atoms with van der Waals surface area (Å²) in [7, 11) is 4.67. The van der Waals surface area contributed by atoms with Gasteiger partial charge in [-0.3, -0.25) is 9.69 Å². The van der Waals surface area contributed by atoms with Gasteiger partial charge in [-0.15, -0.1) is 0 Å². The fourth-order valence-electron chi connectivity index (χ4n) is 2.94. The lowest BCUT2D eigenvalue weighted by molar-refractivity contribution is 0.0854. The molecule has 5 heteroatoms. The first-order valence-electron chi connectivity index (χ1n) is 7.68. The Kier molecular flexibility index (Phi) is 5.66. The van der Waals surface area contributed by atoms with E-state index in [0.29, 0.717) is 35.4 Å². The number of nitrogens with zero attached hydrogens (tertiary/aromatic N) is 1. The second-order valence-corrected chi connectivity index (χ2v) is 5.65. The molecule has 0 aromatic heterocycles. The van der Waals surface area contributed by atoms with Crippen LogP contribution in [0.3, 0.4) is 0 Å². The normalized spacial score (nSPS) is 18.8. The Balaban J connectivity index is 2.27. The van der Waals surface area contributed by atoms with Crippen LogP contribution in [0.5, 0.6) is 17.2 Å². The zero-order chi connectivity index (χ0) is 16.1. The highest BCUT2D eigenvalue weighted by Crippen LogP contribution is 2.34. The number of carbonyl (C=O) groups is 1.